The van der Waals surface area contributed by atoms with Crippen LogP contribution < -0.4 is 0 Å². The highest BCUT2D eigenvalue weighted by molar-refractivity contribution is 8.00. The Balaban J connectivity index is 1.35. The topological polar surface area (TPSA) is 80.8 Å². The molecule has 2 aromatic carbocycles. The Morgan fingerprint density at radius 3 is 2.68 bits per heavy atom. The van der Waals surface area contributed by atoms with Crippen molar-refractivity contribution in [2.45, 2.75) is 22.4 Å². The molecule has 4 aromatic rings. The number of hydrogen-bond acceptors (Lipinski definition) is 8. The number of oxime groups is 1. The van der Waals surface area contributed by atoms with Gasteiger partial charge in [-0.05, 0) is 34.7 Å². The molecule has 0 unspecified atom stereocenters. The molecular weight excluding hydrogens is 468 g/mol. The summed E-state index contributed by atoms with van der Waals surface area (Å²) in [6.07, 6.45) is 0.487. The number of thiophene rings is 1. The number of thioether (sulfide) groups is 1. The molecular formula is C25H22N4O3S2. The molecule has 2 aromatic heterocycles. The van der Waals surface area contributed by atoms with Crippen molar-refractivity contribution in [3.8, 4) is 11.1 Å². The normalized spacial score (nSPS) is 16.8. The number of likely N-dealkylation sites (tertiary alicyclic amines) is 1. The van der Waals surface area contributed by atoms with Crippen LogP contribution in [0.1, 0.15) is 34.5 Å². The summed E-state index contributed by atoms with van der Waals surface area (Å²) in [5, 5.41) is 10.3. The van der Waals surface area contributed by atoms with Crippen molar-refractivity contribution in [3.05, 3.63) is 89.4 Å². The minimum Gasteiger partial charge on any atom is -0.399 e. The van der Waals surface area contributed by atoms with Crippen LogP contribution in [0.5, 0.6) is 0 Å². The van der Waals surface area contributed by atoms with Crippen molar-refractivity contribution in [1.29, 1.82) is 0 Å². The fourth-order valence-corrected chi connectivity index (χ4v) is 5.51. The zero-order valence-electron chi connectivity index (χ0n) is 18.5. The zero-order valence-corrected chi connectivity index (χ0v) is 20.1. The molecule has 1 amide bonds. The van der Waals surface area contributed by atoms with Gasteiger partial charge in [-0.25, -0.2) is 0 Å². The quantitative estimate of drug-likeness (QED) is 0.245. The highest BCUT2D eigenvalue weighted by atomic mass is 32.2. The van der Waals surface area contributed by atoms with E-state index in [2.05, 4.69) is 21.4 Å². The monoisotopic (exact) mass is 490 g/mol. The maximum atomic E-state index is 13.5. The summed E-state index contributed by atoms with van der Waals surface area (Å²) >= 11 is 3.33. The van der Waals surface area contributed by atoms with E-state index in [0.29, 0.717) is 36.0 Å². The van der Waals surface area contributed by atoms with Crippen LogP contribution in [-0.4, -0.2) is 40.3 Å². The first-order valence-corrected chi connectivity index (χ1v) is 12.6. The molecule has 1 aliphatic heterocycles. The Hall–Kier alpha value is -3.43. The van der Waals surface area contributed by atoms with Crippen molar-refractivity contribution in [2.24, 2.45) is 5.16 Å². The third-order valence-electron chi connectivity index (χ3n) is 5.49. The summed E-state index contributed by atoms with van der Waals surface area (Å²) in [5.74, 6) is 1.51. The molecule has 1 saturated heterocycles. The summed E-state index contributed by atoms with van der Waals surface area (Å²) in [6, 6.07) is 21.4. The van der Waals surface area contributed by atoms with E-state index in [-0.39, 0.29) is 11.9 Å². The smallest absolute Gasteiger partial charge is 0.254 e. The van der Waals surface area contributed by atoms with Crippen LogP contribution in [0.15, 0.2) is 86.0 Å². The van der Waals surface area contributed by atoms with E-state index in [1.807, 2.05) is 66.0 Å². The Morgan fingerprint density at radius 2 is 1.94 bits per heavy atom. The van der Waals surface area contributed by atoms with Gasteiger partial charge in [0.25, 0.3) is 5.91 Å². The zero-order chi connectivity index (χ0) is 23.3. The van der Waals surface area contributed by atoms with E-state index in [1.54, 1.807) is 28.0 Å². The van der Waals surface area contributed by atoms with Crippen molar-refractivity contribution >= 4 is 34.7 Å². The standard InChI is InChI=1S/C25H22N4O3S2/c1-31-27-20-14-21(24-26-22(28-32-24)16-34-23-8-5-13-33-23)29(15-20)25(30)19-11-9-18(10-12-19)17-6-3-2-4-7-17/h2-13,21H,14-16H2,1H3/b27-20+/t21-/m0/s1. The number of rotatable bonds is 7. The second-order valence-corrected chi connectivity index (χ2v) is 9.93. The second-order valence-electron chi connectivity index (χ2n) is 7.71. The number of amides is 1. The fraction of sp³-hybridized carbons (Fsp3) is 0.200. The lowest BCUT2D eigenvalue weighted by atomic mass is 10.0. The number of aromatic nitrogens is 2. The third-order valence-corrected chi connectivity index (χ3v) is 7.61. The Morgan fingerprint density at radius 1 is 1.15 bits per heavy atom. The van der Waals surface area contributed by atoms with Gasteiger partial charge in [0.15, 0.2) is 5.82 Å². The van der Waals surface area contributed by atoms with Gasteiger partial charge in [-0.3, -0.25) is 4.79 Å². The first-order chi connectivity index (χ1) is 16.7. The number of carbonyl (C=O) groups excluding carboxylic acids is 1. The molecule has 1 aliphatic rings. The van der Waals surface area contributed by atoms with E-state index in [1.165, 1.54) is 11.3 Å². The van der Waals surface area contributed by atoms with Gasteiger partial charge < -0.3 is 14.3 Å². The van der Waals surface area contributed by atoms with Crippen molar-refractivity contribution in [2.75, 3.05) is 13.7 Å². The van der Waals surface area contributed by atoms with Gasteiger partial charge in [0, 0.05) is 12.0 Å². The van der Waals surface area contributed by atoms with E-state index >= 15 is 0 Å². The molecule has 0 bridgehead atoms. The van der Waals surface area contributed by atoms with Crippen molar-refractivity contribution in [3.63, 3.8) is 0 Å². The summed E-state index contributed by atoms with van der Waals surface area (Å²) in [5.41, 5.74) is 3.52. The number of benzene rings is 2. The van der Waals surface area contributed by atoms with Gasteiger partial charge in [-0.2, -0.15) is 4.98 Å². The molecule has 5 rings (SSSR count). The fourth-order valence-electron chi connectivity index (χ4n) is 3.88. The van der Waals surface area contributed by atoms with E-state index in [4.69, 9.17) is 9.36 Å². The average molecular weight is 491 g/mol. The highest BCUT2D eigenvalue weighted by Crippen LogP contribution is 2.33. The Labute approximate surface area is 205 Å². The van der Waals surface area contributed by atoms with Crippen LogP contribution in [0.3, 0.4) is 0 Å². The molecule has 172 valence electrons. The van der Waals surface area contributed by atoms with Crippen LogP contribution in [-0.2, 0) is 10.6 Å². The summed E-state index contributed by atoms with van der Waals surface area (Å²) < 4.78 is 6.77. The first-order valence-electron chi connectivity index (χ1n) is 10.8. The van der Waals surface area contributed by atoms with Gasteiger partial charge in [0.1, 0.15) is 13.2 Å². The summed E-state index contributed by atoms with van der Waals surface area (Å²) in [4.78, 5) is 24.7. The maximum Gasteiger partial charge on any atom is 0.254 e. The molecule has 0 aliphatic carbocycles. The SMILES string of the molecule is CO/N=C1\C[C@@H](c2nc(CSc3cccs3)no2)N(C(=O)c2ccc(-c3ccccc3)cc2)C1. The minimum absolute atomic E-state index is 0.112. The average Bonchev–Trinajstić information content (AvgIpc) is 3.64. The highest BCUT2D eigenvalue weighted by Gasteiger charge is 2.38. The predicted molar refractivity (Wildman–Crippen MR) is 133 cm³/mol. The molecule has 3 heterocycles. The van der Waals surface area contributed by atoms with Gasteiger partial charge in [0.05, 0.1) is 22.2 Å². The lowest BCUT2D eigenvalue weighted by Gasteiger charge is -2.21. The largest absolute Gasteiger partial charge is 0.399 e. The number of hydrogen-bond donors (Lipinski definition) is 0. The molecule has 1 fully saturated rings. The second kappa shape index (κ2) is 10.2. The van der Waals surface area contributed by atoms with Crippen LogP contribution in [0.2, 0.25) is 0 Å². The lowest BCUT2D eigenvalue weighted by molar-refractivity contribution is 0.0713. The molecule has 0 radical (unpaired) electrons. The number of carbonyl (C=O) groups is 1. The predicted octanol–water partition coefficient (Wildman–Crippen LogP) is 5.68. The maximum absolute atomic E-state index is 13.5. The molecule has 34 heavy (non-hydrogen) atoms. The van der Waals surface area contributed by atoms with Crippen LogP contribution in [0, 0.1) is 0 Å². The van der Waals surface area contributed by atoms with Crippen molar-refractivity contribution in [1.82, 2.24) is 15.0 Å². The summed E-state index contributed by atoms with van der Waals surface area (Å²) in [7, 11) is 1.50. The van der Waals surface area contributed by atoms with Gasteiger partial charge in [0.2, 0.25) is 5.89 Å². The Kier molecular flexibility index (Phi) is 6.73. The molecule has 0 saturated carbocycles. The van der Waals surface area contributed by atoms with Crippen LogP contribution in [0.4, 0.5) is 0 Å². The Bertz CT molecular complexity index is 1270. The molecule has 9 heteroatoms. The van der Waals surface area contributed by atoms with E-state index in [0.717, 1.165) is 16.8 Å². The molecule has 0 spiro atoms. The number of nitrogens with zero attached hydrogens (tertiary/aromatic N) is 4. The first kappa shape index (κ1) is 22.4. The lowest BCUT2D eigenvalue weighted by Crippen LogP contribution is -2.31. The minimum atomic E-state index is -0.386. The van der Waals surface area contributed by atoms with E-state index < -0.39 is 0 Å². The molecule has 7 nitrogen and oxygen atoms in total. The van der Waals surface area contributed by atoms with Crippen molar-refractivity contribution < 1.29 is 14.2 Å². The van der Waals surface area contributed by atoms with Gasteiger partial charge in [-0.1, -0.05) is 58.8 Å². The molecule has 0 N–H and O–H groups in total. The van der Waals surface area contributed by atoms with Crippen LogP contribution >= 0.6 is 23.1 Å². The van der Waals surface area contributed by atoms with Gasteiger partial charge >= 0.3 is 0 Å². The van der Waals surface area contributed by atoms with Crippen LogP contribution in [0.25, 0.3) is 11.1 Å². The van der Waals surface area contributed by atoms with E-state index in [9.17, 15) is 4.79 Å². The van der Waals surface area contributed by atoms with Gasteiger partial charge in [-0.15, -0.1) is 23.1 Å². The summed E-state index contributed by atoms with van der Waals surface area (Å²) in [6.45, 7) is 0.347. The third kappa shape index (κ3) is 4.90. The molecule has 1 atom stereocenters.